The molecule has 0 rings (SSSR count). The Morgan fingerprint density at radius 3 is 1.79 bits per heavy atom. The number of hydrogen-bond acceptors (Lipinski definition) is 1. The molecule has 0 spiro atoms. The van der Waals surface area contributed by atoms with E-state index >= 15 is 0 Å². The molecule has 0 saturated heterocycles. The second-order valence-corrected chi connectivity index (χ2v) is 5.79. The number of aliphatic hydroxyl groups is 1. The first-order chi connectivity index (χ1) is 9.31. The molecule has 0 aliphatic rings. The van der Waals surface area contributed by atoms with Crippen molar-refractivity contribution in [2.24, 2.45) is 0 Å². The zero-order valence-corrected chi connectivity index (χ0v) is 13.1. The average molecular weight is 267 g/mol. The first-order valence-electron chi connectivity index (χ1n) is 8.52. The van der Waals surface area contributed by atoms with Crippen molar-refractivity contribution < 1.29 is 5.11 Å². The molecule has 0 amide bonds. The monoisotopic (exact) mass is 267 g/mol. The molecule has 1 nitrogen and oxygen atoms in total. The summed E-state index contributed by atoms with van der Waals surface area (Å²) in [6, 6.07) is 0. The van der Waals surface area contributed by atoms with E-state index < -0.39 is 0 Å². The fraction of sp³-hybridized carbons (Fsp3) is 0.889. The van der Waals surface area contributed by atoms with E-state index in [0.717, 1.165) is 32.1 Å². The molecule has 0 aromatic heterocycles. The molecule has 19 heavy (non-hydrogen) atoms. The van der Waals surface area contributed by atoms with E-state index in [1.807, 2.05) is 0 Å². The van der Waals surface area contributed by atoms with E-state index in [-0.39, 0.29) is 6.10 Å². The third kappa shape index (κ3) is 15.6. The number of aliphatic hydroxyl groups excluding tert-OH is 1. The third-order valence-electron chi connectivity index (χ3n) is 3.80. The quantitative estimate of drug-likeness (QED) is 0.371. The third-order valence-corrected chi connectivity index (χ3v) is 3.80. The molecule has 1 N–H and O–H groups in total. The highest BCUT2D eigenvalue weighted by Crippen LogP contribution is 2.13. The molecule has 0 aromatic carbocycles. The number of allylic oxidation sites excluding steroid dienone is 1. The Kier molecular flexibility index (Phi) is 15.5. The van der Waals surface area contributed by atoms with Gasteiger partial charge in [0.1, 0.15) is 0 Å². The molecule has 113 valence electrons. The lowest BCUT2D eigenvalue weighted by Crippen LogP contribution is -2.05. The molecule has 0 heterocycles. The van der Waals surface area contributed by atoms with Gasteiger partial charge in [0.25, 0.3) is 0 Å². The van der Waals surface area contributed by atoms with E-state index in [1.54, 1.807) is 6.08 Å². The minimum atomic E-state index is -0.0812. The lowest BCUT2D eigenvalue weighted by molar-refractivity contribution is 0.147. The van der Waals surface area contributed by atoms with Crippen molar-refractivity contribution in [3.63, 3.8) is 0 Å². The Bertz CT molecular complexity index is 177. The van der Waals surface area contributed by atoms with Crippen molar-refractivity contribution >= 4 is 0 Å². The Morgan fingerprint density at radius 1 is 0.789 bits per heavy atom. The van der Waals surface area contributed by atoms with Crippen LogP contribution >= 0.6 is 0 Å². The normalized spacial score (nSPS) is 12.5. The van der Waals surface area contributed by atoms with Gasteiger partial charge in [0.2, 0.25) is 0 Å². The minimum Gasteiger partial charge on any atom is -0.393 e. The lowest BCUT2D eigenvalue weighted by Gasteiger charge is -2.09. The van der Waals surface area contributed by atoms with Gasteiger partial charge in [-0.3, -0.25) is 0 Å². The van der Waals surface area contributed by atoms with Crippen LogP contribution in [0.5, 0.6) is 0 Å². The SMILES string of the molecule is [CH]=CCCCCC(O)CCCCCCCCCCC. The van der Waals surface area contributed by atoms with Crippen LogP contribution in [-0.2, 0) is 0 Å². The minimum absolute atomic E-state index is 0.0812. The summed E-state index contributed by atoms with van der Waals surface area (Å²) in [4.78, 5) is 0. The van der Waals surface area contributed by atoms with Gasteiger partial charge in [-0.2, -0.15) is 0 Å². The van der Waals surface area contributed by atoms with Crippen molar-refractivity contribution in [1.29, 1.82) is 0 Å². The van der Waals surface area contributed by atoms with Crippen LogP contribution in [0.3, 0.4) is 0 Å². The van der Waals surface area contributed by atoms with Crippen LogP contribution in [0.15, 0.2) is 6.08 Å². The fourth-order valence-electron chi connectivity index (χ4n) is 2.48. The summed E-state index contributed by atoms with van der Waals surface area (Å²) < 4.78 is 0. The van der Waals surface area contributed by atoms with Gasteiger partial charge in [-0.1, -0.05) is 83.8 Å². The summed E-state index contributed by atoms with van der Waals surface area (Å²) in [5.74, 6) is 0. The van der Waals surface area contributed by atoms with Crippen molar-refractivity contribution in [3.05, 3.63) is 12.7 Å². The Labute approximate surface area is 121 Å². The maximum Gasteiger partial charge on any atom is 0.0540 e. The van der Waals surface area contributed by atoms with E-state index in [9.17, 15) is 5.11 Å². The highest BCUT2D eigenvalue weighted by molar-refractivity contribution is 4.63. The predicted octanol–water partition coefficient (Wildman–Crippen LogP) is 5.82. The number of rotatable bonds is 15. The summed E-state index contributed by atoms with van der Waals surface area (Å²) in [6.07, 6.45) is 18.9. The molecule has 1 radical (unpaired) electrons. The summed E-state index contributed by atoms with van der Waals surface area (Å²) in [5, 5.41) is 9.81. The molecule has 0 aliphatic carbocycles. The van der Waals surface area contributed by atoms with Crippen molar-refractivity contribution in [3.8, 4) is 0 Å². The molecule has 0 aliphatic heterocycles. The smallest absolute Gasteiger partial charge is 0.0540 e. The highest BCUT2D eigenvalue weighted by Gasteiger charge is 2.03. The number of hydrogen-bond donors (Lipinski definition) is 1. The second kappa shape index (κ2) is 15.8. The molecular formula is C18H35O. The van der Waals surface area contributed by atoms with E-state index in [0.29, 0.717) is 0 Å². The molecule has 0 saturated carbocycles. The van der Waals surface area contributed by atoms with E-state index in [1.165, 1.54) is 57.8 Å². The zero-order valence-electron chi connectivity index (χ0n) is 13.1. The predicted molar refractivity (Wildman–Crippen MR) is 85.2 cm³/mol. The van der Waals surface area contributed by atoms with Crippen LogP contribution in [0.25, 0.3) is 0 Å². The summed E-state index contributed by atoms with van der Waals surface area (Å²) in [7, 11) is 0. The van der Waals surface area contributed by atoms with Crippen LogP contribution in [-0.4, -0.2) is 11.2 Å². The lowest BCUT2D eigenvalue weighted by atomic mass is 10.0. The maximum atomic E-state index is 9.81. The Balaban J connectivity index is 3.09. The highest BCUT2D eigenvalue weighted by atomic mass is 16.3. The van der Waals surface area contributed by atoms with Crippen molar-refractivity contribution in [2.75, 3.05) is 0 Å². The van der Waals surface area contributed by atoms with Gasteiger partial charge in [0.05, 0.1) is 6.10 Å². The van der Waals surface area contributed by atoms with Gasteiger partial charge < -0.3 is 5.11 Å². The summed E-state index contributed by atoms with van der Waals surface area (Å²) >= 11 is 0. The van der Waals surface area contributed by atoms with Crippen LogP contribution in [0.4, 0.5) is 0 Å². The molecule has 0 aromatic rings. The molecule has 0 fully saturated rings. The van der Waals surface area contributed by atoms with Crippen LogP contribution < -0.4 is 0 Å². The molecule has 1 heteroatoms. The van der Waals surface area contributed by atoms with Gasteiger partial charge in [-0.25, -0.2) is 0 Å². The first kappa shape index (κ1) is 18.7. The first-order valence-corrected chi connectivity index (χ1v) is 8.52. The topological polar surface area (TPSA) is 20.2 Å². The molecular weight excluding hydrogens is 232 g/mol. The van der Waals surface area contributed by atoms with E-state index in [2.05, 4.69) is 6.92 Å². The standard InChI is InChI=1S/C18H35O/c1-3-5-7-9-10-11-12-13-15-17-18(19)16-14-8-6-4-2/h2,4,18-19H,3,5-17H2,1H3. The number of unbranched alkanes of at least 4 members (excludes halogenated alkanes) is 10. The molecule has 0 bridgehead atoms. The van der Waals surface area contributed by atoms with Gasteiger partial charge in [-0.15, -0.1) is 0 Å². The van der Waals surface area contributed by atoms with Crippen LogP contribution in [0.1, 0.15) is 96.8 Å². The van der Waals surface area contributed by atoms with Crippen molar-refractivity contribution in [2.45, 2.75) is 103 Å². The Morgan fingerprint density at radius 2 is 1.26 bits per heavy atom. The maximum absolute atomic E-state index is 9.81. The van der Waals surface area contributed by atoms with Gasteiger partial charge in [-0.05, 0) is 25.7 Å². The summed E-state index contributed by atoms with van der Waals surface area (Å²) in [6.45, 7) is 7.59. The van der Waals surface area contributed by atoms with Gasteiger partial charge in [0, 0.05) is 0 Å². The van der Waals surface area contributed by atoms with Crippen molar-refractivity contribution in [1.82, 2.24) is 0 Å². The van der Waals surface area contributed by atoms with Gasteiger partial charge >= 0.3 is 0 Å². The molecule has 1 unspecified atom stereocenters. The van der Waals surface area contributed by atoms with Gasteiger partial charge in [0.15, 0.2) is 0 Å². The van der Waals surface area contributed by atoms with Crippen LogP contribution in [0, 0.1) is 6.58 Å². The average Bonchev–Trinajstić information content (AvgIpc) is 2.42. The second-order valence-electron chi connectivity index (χ2n) is 5.79. The van der Waals surface area contributed by atoms with Crippen LogP contribution in [0.2, 0.25) is 0 Å². The molecule has 1 atom stereocenters. The largest absolute Gasteiger partial charge is 0.393 e. The fourth-order valence-corrected chi connectivity index (χ4v) is 2.48. The van der Waals surface area contributed by atoms with E-state index in [4.69, 9.17) is 6.58 Å². The zero-order chi connectivity index (χ0) is 14.2. The summed E-state index contributed by atoms with van der Waals surface area (Å²) in [5.41, 5.74) is 0. The Hall–Kier alpha value is -0.300.